The van der Waals surface area contributed by atoms with Crippen molar-refractivity contribution >= 4 is 11.9 Å². The Kier molecular flexibility index (Phi) is 15.3. The van der Waals surface area contributed by atoms with Gasteiger partial charge in [0.05, 0.1) is 21.1 Å². The van der Waals surface area contributed by atoms with Gasteiger partial charge in [0.25, 0.3) is 0 Å². The smallest absolute Gasteiger partial charge is 0.306 e. The molecule has 0 heterocycles. The highest BCUT2D eigenvalue weighted by molar-refractivity contribution is 5.70. The zero-order valence-corrected chi connectivity index (χ0v) is 18.3. The minimum Gasteiger partial charge on any atom is -0.550 e. The normalized spacial score (nSPS) is 12.7. The molecule has 5 heteroatoms. The molecule has 0 aromatic heterocycles. The molecule has 0 radical (unpaired) electrons. The Hall–Kier alpha value is -1.10. The van der Waals surface area contributed by atoms with Gasteiger partial charge in [0.2, 0.25) is 0 Å². The van der Waals surface area contributed by atoms with E-state index in [9.17, 15) is 14.7 Å². The first kappa shape index (κ1) is 25.9. The fourth-order valence-corrected chi connectivity index (χ4v) is 3.30. The van der Waals surface area contributed by atoms with Gasteiger partial charge in [0.1, 0.15) is 6.54 Å². The summed E-state index contributed by atoms with van der Waals surface area (Å²) >= 11 is 0. The molecule has 0 aliphatic carbocycles. The van der Waals surface area contributed by atoms with Crippen molar-refractivity contribution in [3.63, 3.8) is 0 Å². The van der Waals surface area contributed by atoms with Crippen LogP contribution in [0.4, 0.5) is 0 Å². The molecule has 0 fully saturated rings. The monoisotopic (exact) mass is 385 g/mol. The highest BCUT2D eigenvalue weighted by Crippen LogP contribution is 2.13. The van der Waals surface area contributed by atoms with Crippen molar-refractivity contribution in [1.82, 2.24) is 0 Å². The lowest BCUT2D eigenvalue weighted by Crippen LogP contribution is -2.45. The molecule has 0 unspecified atom stereocenters. The highest BCUT2D eigenvalue weighted by Gasteiger charge is 2.22. The summed E-state index contributed by atoms with van der Waals surface area (Å²) in [5.74, 6) is -1.46. The van der Waals surface area contributed by atoms with Crippen molar-refractivity contribution in [3.05, 3.63) is 0 Å². The van der Waals surface area contributed by atoms with Crippen LogP contribution >= 0.6 is 0 Å². The number of hydrogen-bond donors (Lipinski definition) is 0. The molecular weight excluding hydrogens is 342 g/mol. The predicted molar refractivity (Wildman–Crippen MR) is 108 cm³/mol. The van der Waals surface area contributed by atoms with E-state index in [4.69, 9.17) is 4.74 Å². The number of nitrogens with zero attached hydrogens (tertiary/aromatic N) is 1. The molecule has 0 saturated carbocycles. The molecule has 0 aromatic carbocycles. The maximum absolute atomic E-state index is 12.0. The highest BCUT2D eigenvalue weighted by atomic mass is 16.5. The van der Waals surface area contributed by atoms with Gasteiger partial charge < -0.3 is 19.1 Å². The van der Waals surface area contributed by atoms with Gasteiger partial charge in [-0.3, -0.25) is 4.79 Å². The van der Waals surface area contributed by atoms with E-state index in [1.54, 1.807) is 0 Å². The average Bonchev–Trinajstić information content (AvgIpc) is 2.53. The molecule has 0 aromatic rings. The summed E-state index contributed by atoms with van der Waals surface area (Å²) in [6.07, 6.45) is 14.5. The van der Waals surface area contributed by atoms with Crippen LogP contribution in [0.5, 0.6) is 0 Å². The van der Waals surface area contributed by atoms with Crippen LogP contribution in [0.15, 0.2) is 0 Å². The molecule has 0 bridgehead atoms. The molecule has 160 valence electrons. The molecule has 27 heavy (non-hydrogen) atoms. The molecule has 0 spiro atoms. The standard InChI is InChI=1S/C22H43NO4/c1-5-6-7-8-9-10-11-12-13-14-15-16-17-22(26)27-20(18-21(24)25)19-23(2,3)4/h20H,5-19H2,1-4H3/t20-/m1/s1. The van der Waals surface area contributed by atoms with Crippen LogP contribution in [-0.4, -0.2) is 50.2 Å². The van der Waals surface area contributed by atoms with Crippen molar-refractivity contribution in [2.75, 3.05) is 27.7 Å². The average molecular weight is 386 g/mol. The van der Waals surface area contributed by atoms with Crippen molar-refractivity contribution in [1.29, 1.82) is 0 Å². The second-order valence-electron chi connectivity index (χ2n) is 8.80. The summed E-state index contributed by atoms with van der Waals surface area (Å²) < 4.78 is 5.91. The number of hydrogen-bond acceptors (Lipinski definition) is 4. The van der Waals surface area contributed by atoms with Crippen LogP contribution < -0.4 is 5.11 Å². The van der Waals surface area contributed by atoms with Crippen molar-refractivity contribution in [2.24, 2.45) is 0 Å². The number of carbonyl (C=O) groups excluding carboxylic acids is 2. The van der Waals surface area contributed by atoms with Gasteiger partial charge >= 0.3 is 5.97 Å². The van der Waals surface area contributed by atoms with Crippen LogP contribution in [0, 0.1) is 0 Å². The number of rotatable bonds is 18. The van der Waals surface area contributed by atoms with Crippen molar-refractivity contribution in [3.8, 4) is 0 Å². The van der Waals surface area contributed by atoms with E-state index < -0.39 is 12.1 Å². The van der Waals surface area contributed by atoms with Gasteiger partial charge in [-0.25, -0.2) is 0 Å². The topological polar surface area (TPSA) is 66.4 Å². The van der Waals surface area contributed by atoms with Crippen molar-refractivity contribution in [2.45, 2.75) is 103 Å². The third kappa shape index (κ3) is 19.5. The Labute approximate surface area is 167 Å². The third-order valence-electron chi connectivity index (χ3n) is 4.68. The number of esters is 1. The van der Waals surface area contributed by atoms with E-state index in [0.717, 1.165) is 19.3 Å². The number of aliphatic carboxylic acids is 1. The Morgan fingerprint density at radius 1 is 0.815 bits per heavy atom. The van der Waals surface area contributed by atoms with E-state index in [1.165, 1.54) is 57.8 Å². The second-order valence-corrected chi connectivity index (χ2v) is 8.80. The van der Waals surface area contributed by atoms with Crippen LogP contribution in [0.2, 0.25) is 0 Å². The molecule has 0 N–H and O–H groups in total. The quantitative estimate of drug-likeness (QED) is 0.204. The lowest BCUT2D eigenvalue weighted by Gasteiger charge is -2.29. The number of unbranched alkanes of at least 4 members (excludes halogenated alkanes) is 11. The summed E-state index contributed by atoms with van der Waals surface area (Å²) in [6.45, 7) is 2.72. The van der Waals surface area contributed by atoms with Gasteiger partial charge in [-0.05, 0) is 6.42 Å². The summed E-state index contributed by atoms with van der Waals surface area (Å²) in [5, 5.41) is 10.8. The number of quaternary nitrogens is 1. The van der Waals surface area contributed by atoms with Crippen LogP contribution in [0.25, 0.3) is 0 Å². The van der Waals surface area contributed by atoms with E-state index in [-0.39, 0.29) is 12.4 Å². The predicted octanol–water partition coefficient (Wildman–Crippen LogP) is 3.84. The maximum Gasteiger partial charge on any atom is 0.306 e. The number of carboxylic acids is 1. The molecule has 5 nitrogen and oxygen atoms in total. The number of carboxylic acid groups (broad SMARTS) is 1. The molecule has 0 amide bonds. The Morgan fingerprint density at radius 2 is 1.26 bits per heavy atom. The van der Waals surface area contributed by atoms with Crippen LogP contribution in [0.3, 0.4) is 0 Å². The SMILES string of the molecule is CCCCCCCCCCCCCCC(=O)O[C@H](CC(=O)[O-])C[N+](C)(C)C. The molecule has 0 aliphatic heterocycles. The number of carbonyl (C=O) groups is 2. The van der Waals surface area contributed by atoms with E-state index in [2.05, 4.69) is 6.92 Å². The molecule has 0 aliphatic rings. The fraction of sp³-hybridized carbons (Fsp3) is 0.909. The van der Waals surface area contributed by atoms with Gasteiger partial charge in [-0.15, -0.1) is 0 Å². The minimum absolute atomic E-state index is 0.236. The van der Waals surface area contributed by atoms with E-state index in [0.29, 0.717) is 17.4 Å². The van der Waals surface area contributed by atoms with E-state index in [1.807, 2.05) is 21.1 Å². The minimum atomic E-state index is -1.17. The fourth-order valence-electron chi connectivity index (χ4n) is 3.30. The molecular formula is C22H43NO4. The Bertz CT molecular complexity index is 390. The van der Waals surface area contributed by atoms with Gasteiger partial charge in [0, 0.05) is 18.8 Å². The van der Waals surface area contributed by atoms with Crippen LogP contribution in [-0.2, 0) is 14.3 Å². The Balaban J connectivity index is 3.67. The number of ether oxygens (including phenoxy) is 1. The number of likely N-dealkylation sites (N-methyl/N-ethyl adjacent to an activating group) is 1. The van der Waals surface area contributed by atoms with Gasteiger partial charge in [-0.2, -0.15) is 0 Å². The lowest BCUT2D eigenvalue weighted by molar-refractivity contribution is -0.873. The molecule has 0 saturated heterocycles. The van der Waals surface area contributed by atoms with Crippen molar-refractivity contribution < 1.29 is 23.9 Å². The first-order valence-corrected chi connectivity index (χ1v) is 10.9. The third-order valence-corrected chi connectivity index (χ3v) is 4.68. The summed E-state index contributed by atoms with van der Waals surface area (Å²) in [5.41, 5.74) is 0. The second kappa shape index (κ2) is 15.9. The summed E-state index contributed by atoms with van der Waals surface area (Å²) in [6, 6.07) is 0. The summed E-state index contributed by atoms with van der Waals surface area (Å²) in [4.78, 5) is 22.8. The first-order valence-electron chi connectivity index (χ1n) is 10.9. The van der Waals surface area contributed by atoms with E-state index >= 15 is 0 Å². The lowest BCUT2D eigenvalue weighted by atomic mass is 10.0. The van der Waals surface area contributed by atoms with Gasteiger partial charge in [0.15, 0.2) is 6.10 Å². The van der Waals surface area contributed by atoms with Gasteiger partial charge in [-0.1, -0.05) is 77.6 Å². The molecule has 0 rings (SSSR count). The zero-order valence-electron chi connectivity index (χ0n) is 18.3. The van der Waals surface area contributed by atoms with Crippen LogP contribution in [0.1, 0.15) is 96.8 Å². The molecule has 1 atom stereocenters. The first-order chi connectivity index (χ1) is 12.7. The maximum atomic E-state index is 12.0. The zero-order chi connectivity index (χ0) is 20.5. The summed E-state index contributed by atoms with van der Waals surface area (Å²) in [7, 11) is 5.84. The Morgan fingerprint density at radius 3 is 1.67 bits per heavy atom. The largest absolute Gasteiger partial charge is 0.550 e.